The van der Waals surface area contributed by atoms with Gasteiger partial charge in [0.1, 0.15) is 6.54 Å². The molecule has 0 radical (unpaired) electrons. The minimum atomic E-state index is -0.511. The summed E-state index contributed by atoms with van der Waals surface area (Å²) < 4.78 is 11.5. The van der Waals surface area contributed by atoms with E-state index in [4.69, 9.17) is 15.2 Å². The van der Waals surface area contributed by atoms with Gasteiger partial charge in [0.05, 0.1) is 19.3 Å². The summed E-state index contributed by atoms with van der Waals surface area (Å²) in [6, 6.07) is 12.1. The monoisotopic (exact) mass is 450 g/mol. The molecular weight excluding hydrogens is 424 g/mol. The molecule has 1 aliphatic heterocycles. The quantitative estimate of drug-likeness (QED) is 0.563. The fraction of sp³-hybridized carbons (Fsp3) is 0.348. The summed E-state index contributed by atoms with van der Waals surface area (Å²) in [6.45, 7) is 5.21. The van der Waals surface area contributed by atoms with E-state index in [1.165, 1.54) is 4.80 Å². The van der Waals surface area contributed by atoms with Gasteiger partial charge in [-0.3, -0.25) is 9.59 Å². The Morgan fingerprint density at radius 1 is 1.09 bits per heavy atom. The van der Waals surface area contributed by atoms with E-state index in [0.717, 1.165) is 12.0 Å². The first-order chi connectivity index (χ1) is 15.9. The van der Waals surface area contributed by atoms with Crippen molar-refractivity contribution >= 4 is 11.8 Å². The molecule has 0 spiro atoms. The minimum Gasteiger partial charge on any atom is -0.490 e. The Bertz CT molecular complexity index is 1140. The smallest absolute Gasteiger partial charge is 0.248 e. The first-order valence-electron chi connectivity index (χ1n) is 10.8. The van der Waals surface area contributed by atoms with Gasteiger partial charge in [0.2, 0.25) is 17.6 Å². The fourth-order valence-electron chi connectivity index (χ4n) is 3.57. The number of rotatable bonds is 7. The van der Waals surface area contributed by atoms with E-state index >= 15 is 0 Å². The summed E-state index contributed by atoms with van der Waals surface area (Å²) in [4.78, 5) is 25.2. The molecule has 172 valence electrons. The van der Waals surface area contributed by atoms with Gasteiger partial charge in [0, 0.05) is 17.5 Å². The van der Waals surface area contributed by atoms with Gasteiger partial charge in [-0.15, -0.1) is 10.2 Å². The molecule has 2 amide bonds. The van der Waals surface area contributed by atoms with Crippen LogP contribution in [0.3, 0.4) is 0 Å². The third kappa shape index (κ3) is 5.28. The van der Waals surface area contributed by atoms with Crippen LogP contribution < -0.4 is 20.5 Å². The Morgan fingerprint density at radius 2 is 1.82 bits per heavy atom. The van der Waals surface area contributed by atoms with E-state index in [2.05, 4.69) is 20.7 Å². The third-order valence-corrected chi connectivity index (χ3v) is 5.28. The van der Waals surface area contributed by atoms with Crippen molar-refractivity contribution < 1.29 is 19.1 Å². The highest BCUT2D eigenvalue weighted by molar-refractivity contribution is 5.93. The number of nitrogens with two attached hydrogens (primary N) is 1. The van der Waals surface area contributed by atoms with Crippen LogP contribution in [0.4, 0.5) is 0 Å². The summed E-state index contributed by atoms with van der Waals surface area (Å²) in [5.41, 5.74) is 7.25. The first-order valence-corrected chi connectivity index (χ1v) is 10.8. The molecule has 10 nitrogen and oxygen atoms in total. The molecular formula is C23H26N6O4. The summed E-state index contributed by atoms with van der Waals surface area (Å²) in [5.74, 6) is 1.14. The molecule has 3 N–H and O–H groups in total. The number of carbonyl (C=O) groups excluding carboxylic acids is 2. The Kier molecular flexibility index (Phi) is 6.53. The zero-order valence-corrected chi connectivity index (χ0v) is 18.5. The average molecular weight is 450 g/mol. The highest BCUT2D eigenvalue weighted by Crippen LogP contribution is 2.34. The van der Waals surface area contributed by atoms with Crippen molar-refractivity contribution in [3.05, 3.63) is 53.6 Å². The second kappa shape index (κ2) is 9.68. The molecule has 0 fully saturated rings. The van der Waals surface area contributed by atoms with Crippen molar-refractivity contribution in [2.24, 2.45) is 11.7 Å². The van der Waals surface area contributed by atoms with Gasteiger partial charge in [-0.05, 0) is 41.0 Å². The van der Waals surface area contributed by atoms with Crippen LogP contribution in [0.5, 0.6) is 11.5 Å². The maximum Gasteiger partial charge on any atom is 0.248 e. The van der Waals surface area contributed by atoms with Gasteiger partial charge in [0.15, 0.2) is 11.5 Å². The van der Waals surface area contributed by atoms with Crippen LogP contribution in [0.2, 0.25) is 0 Å². The number of amides is 2. The van der Waals surface area contributed by atoms with Crippen molar-refractivity contribution in [3.63, 3.8) is 0 Å². The lowest BCUT2D eigenvalue weighted by atomic mass is 9.95. The number of benzene rings is 2. The fourth-order valence-corrected chi connectivity index (χ4v) is 3.57. The number of hydrogen-bond acceptors (Lipinski definition) is 7. The predicted molar refractivity (Wildman–Crippen MR) is 120 cm³/mol. The van der Waals surface area contributed by atoms with Crippen LogP contribution in [-0.2, 0) is 11.3 Å². The van der Waals surface area contributed by atoms with E-state index in [-0.39, 0.29) is 24.4 Å². The molecule has 0 saturated heterocycles. The number of primary amides is 1. The lowest BCUT2D eigenvalue weighted by Crippen LogP contribution is -2.34. The number of carbonyl (C=O) groups is 2. The summed E-state index contributed by atoms with van der Waals surface area (Å²) in [5, 5.41) is 15.3. The number of tetrazole rings is 1. The van der Waals surface area contributed by atoms with E-state index < -0.39 is 5.91 Å². The molecule has 0 saturated carbocycles. The third-order valence-electron chi connectivity index (χ3n) is 5.28. The van der Waals surface area contributed by atoms with E-state index in [1.54, 1.807) is 24.3 Å². The molecule has 1 aliphatic rings. The summed E-state index contributed by atoms with van der Waals surface area (Å²) in [6.07, 6.45) is 0.830. The SMILES string of the molecule is CC(C)[C@@H](NC(=O)Cn1nnc(-c2ccc(C(N)=O)cc2)n1)c1ccc2c(c1)OCCCO2. The van der Waals surface area contributed by atoms with E-state index in [1.807, 2.05) is 32.0 Å². The lowest BCUT2D eigenvalue weighted by Gasteiger charge is -2.23. The van der Waals surface area contributed by atoms with Crippen molar-refractivity contribution in [1.82, 2.24) is 25.5 Å². The van der Waals surface area contributed by atoms with E-state index in [0.29, 0.717) is 41.7 Å². The second-order valence-corrected chi connectivity index (χ2v) is 8.13. The van der Waals surface area contributed by atoms with E-state index in [9.17, 15) is 9.59 Å². The molecule has 0 aliphatic carbocycles. The number of nitrogens with one attached hydrogen (secondary N) is 1. The predicted octanol–water partition coefficient (Wildman–Crippen LogP) is 2.11. The number of hydrogen-bond donors (Lipinski definition) is 2. The van der Waals surface area contributed by atoms with Crippen molar-refractivity contribution in [2.45, 2.75) is 32.9 Å². The zero-order valence-electron chi connectivity index (χ0n) is 18.5. The Labute approximate surface area is 191 Å². The van der Waals surface area contributed by atoms with Crippen LogP contribution in [0, 0.1) is 5.92 Å². The minimum absolute atomic E-state index is 0.0832. The summed E-state index contributed by atoms with van der Waals surface area (Å²) >= 11 is 0. The van der Waals surface area contributed by atoms with Crippen LogP contribution in [-0.4, -0.2) is 45.2 Å². The largest absolute Gasteiger partial charge is 0.490 e. The summed E-state index contributed by atoms with van der Waals surface area (Å²) in [7, 11) is 0. The zero-order chi connectivity index (χ0) is 23.4. The Balaban J connectivity index is 1.44. The lowest BCUT2D eigenvalue weighted by molar-refractivity contribution is -0.123. The number of ether oxygens (including phenoxy) is 2. The highest BCUT2D eigenvalue weighted by atomic mass is 16.5. The van der Waals surface area contributed by atoms with Gasteiger partial charge in [-0.2, -0.15) is 4.80 Å². The maximum atomic E-state index is 12.8. The number of nitrogens with zero attached hydrogens (tertiary/aromatic N) is 4. The maximum absolute atomic E-state index is 12.8. The molecule has 3 aromatic rings. The van der Waals surface area contributed by atoms with Gasteiger partial charge in [-0.1, -0.05) is 32.0 Å². The van der Waals surface area contributed by atoms with Crippen LogP contribution in [0.1, 0.15) is 42.2 Å². The molecule has 1 atom stereocenters. The first kappa shape index (κ1) is 22.3. The molecule has 33 heavy (non-hydrogen) atoms. The molecule has 1 aromatic heterocycles. The van der Waals surface area contributed by atoms with Gasteiger partial charge >= 0.3 is 0 Å². The van der Waals surface area contributed by atoms with Gasteiger partial charge in [-0.25, -0.2) is 0 Å². The standard InChI is InChI=1S/C23H26N6O4/c1-14(2)21(17-8-9-18-19(12-17)33-11-3-10-32-18)25-20(30)13-29-27-23(26-28-29)16-6-4-15(5-7-16)22(24)31/h4-9,12,14,21H,3,10-11,13H2,1-2H3,(H2,24,31)(H,25,30)/t21-/m1/s1. The molecule has 2 heterocycles. The molecule has 4 rings (SSSR count). The topological polar surface area (TPSA) is 134 Å². The van der Waals surface area contributed by atoms with Crippen LogP contribution >= 0.6 is 0 Å². The van der Waals surface area contributed by atoms with Crippen molar-refractivity contribution in [3.8, 4) is 22.9 Å². The molecule has 2 aromatic carbocycles. The van der Waals surface area contributed by atoms with Gasteiger partial charge in [0.25, 0.3) is 0 Å². The van der Waals surface area contributed by atoms with Crippen LogP contribution in [0.25, 0.3) is 11.4 Å². The average Bonchev–Trinajstić information content (AvgIpc) is 3.13. The second-order valence-electron chi connectivity index (χ2n) is 8.13. The van der Waals surface area contributed by atoms with Crippen molar-refractivity contribution in [2.75, 3.05) is 13.2 Å². The van der Waals surface area contributed by atoms with Crippen LogP contribution in [0.15, 0.2) is 42.5 Å². The number of aromatic nitrogens is 4. The molecule has 0 bridgehead atoms. The normalized spacial score (nSPS) is 13.9. The Morgan fingerprint density at radius 3 is 2.52 bits per heavy atom. The molecule has 10 heteroatoms. The van der Waals surface area contributed by atoms with Gasteiger partial charge < -0.3 is 20.5 Å². The molecule has 0 unspecified atom stereocenters. The van der Waals surface area contributed by atoms with Crippen molar-refractivity contribution in [1.29, 1.82) is 0 Å². The highest BCUT2D eigenvalue weighted by Gasteiger charge is 2.22. The Hall–Kier alpha value is -3.95. The number of fused-ring (bicyclic) bond motifs is 1.